The maximum absolute atomic E-state index is 13.8. The standard InChI is InChI=1S/C23H15F5N2O2.C11H11NO2/c1-32-19-6-3-11-30-18(19)12-15(23(26,27)28)21(30)13-7-9-14(10-8-13)29-22(31)20-16(24)4-2-5-17(20)25;1-8-3-5-12-6-4-9(7-10(8)12)11(13)14-2/h2-12H,1H3,(H,29,31);3-7H,1-2H3. The van der Waals surface area contributed by atoms with Gasteiger partial charge >= 0.3 is 12.1 Å². The molecule has 0 spiro atoms. The van der Waals surface area contributed by atoms with Crippen LogP contribution in [0.25, 0.3) is 22.3 Å². The van der Waals surface area contributed by atoms with Gasteiger partial charge in [0.15, 0.2) is 0 Å². The lowest BCUT2D eigenvalue weighted by molar-refractivity contribution is -0.137. The minimum Gasteiger partial charge on any atom is -0.495 e. The molecular formula is C34H26F5N3O4. The fourth-order valence-electron chi connectivity index (χ4n) is 4.96. The first-order chi connectivity index (χ1) is 21.9. The molecule has 46 heavy (non-hydrogen) atoms. The molecule has 4 heterocycles. The summed E-state index contributed by atoms with van der Waals surface area (Å²) < 4.78 is 82.0. The number of fused-ring (bicyclic) bond motifs is 2. The molecule has 0 radical (unpaired) electrons. The van der Waals surface area contributed by atoms with Crippen LogP contribution in [0.4, 0.5) is 27.6 Å². The number of ether oxygens (including phenoxy) is 2. The second-order valence-corrected chi connectivity index (χ2v) is 10.1. The van der Waals surface area contributed by atoms with Gasteiger partial charge in [-0.05, 0) is 78.7 Å². The predicted molar refractivity (Wildman–Crippen MR) is 162 cm³/mol. The van der Waals surface area contributed by atoms with Crippen molar-refractivity contribution >= 4 is 28.6 Å². The van der Waals surface area contributed by atoms with E-state index in [0.29, 0.717) is 5.56 Å². The Kier molecular flexibility index (Phi) is 8.81. The van der Waals surface area contributed by atoms with Gasteiger partial charge in [-0.3, -0.25) is 4.79 Å². The Morgan fingerprint density at radius 3 is 2.11 bits per heavy atom. The molecule has 0 unspecified atom stereocenters. The molecule has 6 aromatic rings. The van der Waals surface area contributed by atoms with E-state index in [1.165, 1.54) is 49.1 Å². The molecule has 2 aromatic carbocycles. The van der Waals surface area contributed by atoms with Gasteiger partial charge < -0.3 is 23.6 Å². The van der Waals surface area contributed by atoms with Gasteiger partial charge in [0.25, 0.3) is 5.91 Å². The summed E-state index contributed by atoms with van der Waals surface area (Å²) in [7, 11) is 2.75. The first kappa shape index (κ1) is 31.8. The van der Waals surface area contributed by atoms with Crippen LogP contribution in [-0.4, -0.2) is 34.9 Å². The maximum Gasteiger partial charge on any atom is 0.418 e. The zero-order chi connectivity index (χ0) is 33.2. The lowest BCUT2D eigenvalue weighted by Crippen LogP contribution is -2.15. The molecule has 0 atom stereocenters. The van der Waals surface area contributed by atoms with Crippen LogP contribution in [0.2, 0.25) is 0 Å². The van der Waals surface area contributed by atoms with E-state index in [1.54, 1.807) is 18.2 Å². The van der Waals surface area contributed by atoms with Gasteiger partial charge in [-0.2, -0.15) is 13.2 Å². The van der Waals surface area contributed by atoms with E-state index >= 15 is 0 Å². The maximum atomic E-state index is 13.8. The van der Waals surface area contributed by atoms with Crippen molar-refractivity contribution in [2.45, 2.75) is 13.1 Å². The molecule has 0 aliphatic heterocycles. The van der Waals surface area contributed by atoms with Crippen molar-refractivity contribution in [1.82, 2.24) is 8.80 Å². The molecule has 4 aromatic heterocycles. The van der Waals surface area contributed by atoms with Crippen LogP contribution in [0, 0.1) is 18.6 Å². The van der Waals surface area contributed by atoms with E-state index in [9.17, 15) is 31.5 Å². The second kappa shape index (κ2) is 12.8. The molecular weight excluding hydrogens is 609 g/mol. The quantitative estimate of drug-likeness (QED) is 0.153. The van der Waals surface area contributed by atoms with Gasteiger partial charge in [-0.15, -0.1) is 0 Å². The number of pyridine rings is 2. The molecule has 7 nitrogen and oxygen atoms in total. The van der Waals surface area contributed by atoms with Crippen molar-refractivity contribution in [1.29, 1.82) is 0 Å². The number of benzene rings is 2. The Labute approximate surface area is 259 Å². The van der Waals surface area contributed by atoms with E-state index in [0.717, 1.165) is 35.3 Å². The summed E-state index contributed by atoms with van der Waals surface area (Å²) >= 11 is 0. The van der Waals surface area contributed by atoms with Crippen LogP contribution in [-0.2, 0) is 10.9 Å². The lowest BCUT2D eigenvalue weighted by Gasteiger charge is -2.12. The molecule has 0 saturated heterocycles. The fourth-order valence-corrected chi connectivity index (χ4v) is 4.96. The molecule has 6 rings (SSSR count). The highest BCUT2D eigenvalue weighted by Crippen LogP contribution is 2.41. The van der Waals surface area contributed by atoms with E-state index in [4.69, 9.17) is 4.74 Å². The van der Waals surface area contributed by atoms with Gasteiger partial charge in [0.05, 0.1) is 36.6 Å². The average molecular weight is 636 g/mol. The molecule has 236 valence electrons. The van der Waals surface area contributed by atoms with Gasteiger partial charge in [-0.25, -0.2) is 13.6 Å². The summed E-state index contributed by atoms with van der Waals surface area (Å²) in [5.41, 5.74) is 1.68. The van der Waals surface area contributed by atoms with Crippen LogP contribution in [0.1, 0.15) is 31.8 Å². The lowest BCUT2D eigenvalue weighted by atomic mass is 10.1. The zero-order valence-corrected chi connectivity index (χ0v) is 24.7. The Balaban J connectivity index is 0.000000247. The minimum atomic E-state index is -4.62. The fraction of sp³-hybridized carbons (Fsp3) is 0.118. The number of nitrogens with one attached hydrogen (secondary N) is 1. The first-order valence-electron chi connectivity index (χ1n) is 13.7. The predicted octanol–water partition coefficient (Wildman–Crippen LogP) is 8.20. The number of aryl methyl sites for hydroxylation is 1. The first-order valence-corrected chi connectivity index (χ1v) is 13.7. The third kappa shape index (κ3) is 6.27. The number of halogens is 5. The molecule has 0 saturated carbocycles. The Hall–Kier alpha value is -5.65. The largest absolute Gasteiger partial charge is 0.495 e. The second-order valence-electron chi connectivity index (χ2n) is 10.1. The number of carbonyl (C=O) groups excluding carboxylic acids is 2. The number of hydrogen-bond donors (Lipinski definition) is 1. The number of nitrogens with zero attached hydrogens (tertiary/aromatic N) is 2. The van der Waals surface area contributed by atoms with Crippen LogP contribution < -0.4 is 10.1 Å². The van der Waals surface area contributed by atoms with Crippen molar-refractivity contribution in [3.8, 4) is 17.0 Å². The molecule has 0 fully saturated rings. The van der Waals surface area contributed by atoms with E-state index in [2.05, 4.69) is 10.1 Å². The van der Waals surface area contributed by atoms with Crippen molar-refractivity contribution in [3.63, 3.8) is 0 Å². The number of anilines is 1. The number of alkyl halides is 3. The summed E-state index contributed by atoms with van der Waals surface area (Å²) in [4.78, 5) is 23.5. The number of carbonyl (C=O) groups is 2. The van der Waals surface area contributed by atoms with Crippen molar-refractivity contribution in [3.05, 3.63) is 131 Å². The summed E-state index contributed by atoms with van der Waals surface area (Å²) in [6, 6.07) is 18.2. The number of rotatable bonds is 5. The van der Waals surface area contributed by atoms with Crippen molar-refractivity contribution in [2.24, 2.45) is 0 Å². The number of esters is 1. The van der Waals surface area contributed by atoms with Crippen LogP contribution in [0.5, 0.6) is 5.75 Å². The van der Waals surface area contributed by atoms with E-state index < -0.39 is 34.8 Å². The van der Waals surface area contributed by atoms with Crippen molar-refractivity contribution in [2.75, 3.05) is 19.5 Å². The van der Waals surface area contributed by atoms with Crippen LogP contribution in [0.15, 0.2) is 97.5 Å². The molecule has 0 aliphatic rings. The zero-order valence-electron chi connectivity index (χ0n) is 24.7. The third-order valence-corrected chi connectivity index (χ3v) is 7.20. The Morgan fingerprint density at radius 1 is 0.804 bits per heavy atom. The van der Waals surface area contributed by atoms with Gasteiger partial charge in [0.2, 0.25) is 0 Å². The normalized spacial score (nSPS) is 11.2. The van der Waals surface area contributed by atoms with E-state index in [-0.39, 0.29) is 34.2 Å². The summed E-state index contributed by atoms with van der Waals surface area (Å²) in [6.07, 6.45) is 0.682. The third-order valence-electron chi connectivity index (χ3n) is 7.20. The minimum absolute atomic E-state index is 0.107. The molecule has 0 aliphatic carbocycles. The number of hydrogen-bond acceptors (Lipinski definition) is 4. The van der Waals surface area contributed by atoms with Gasteiger partial charge in [-0.1, -0.05) is 18.2 Å². The molecule has 1 amide bonds. The number of amides is 1. The Morgan fingerprint density at radius 2 is 1.48 bits per heavy atom. The smallest absolute Gasteiger partial charge is 0.418 e. The van der Waals surface area contributed by atoms with Crippen LogP contribution in [0.3, 0.4) is 0 Å². The monoisotopic (exact) mass is 635 g/mol. The summed E-state index contributed by atoms with van der Waals surface area (Å²) in [5, 5.41) is 2.34. The Bertz CT molecular complexity index is 2040. The highest BCUT2D eigenvalue weighted by atomic mass is 19.4. The SMILES string of the molecule is COC(=O)c1ccn2ccc(C)c2c1.COc1cccn2c(-c3ccc(NC(=O)c4c(F)cccc4F)cc3)c(C(F)(F)F)cc12. The van der Waals surface area contributed by atoms with Crippen molar-refractivity contribution < 1.29 is 41.0 Å². The molecule has 1 N–H and O–H groups in total. The van der Waals surface area contributed by atoms with Gasteiger partial charge in [0.1, 0.15) is 22.9 Å². The average Bonchev–Trinajstić information content (AvgIpc) is 3.62. The van der Waals surface area contributed by atoms with Crippen LogP contribution >= 0.6 is 0 Å². The van der Waals surface area contributed by atoms with E-state index in [1.807, 2.05) is 35.9 Å². The number of methoxy groups -OCH3 is 2. The van der Waals surface area contributed by atoms with Gasteiger partial charge in [0, 0.05) is 29.8 Å². The number of aromatic nitrogens is 2. The molecule has 12 heteroatoms. The molecule has 0 bridgehead atoms. The highest BCUT2D eigenvalue weighted by Gasteiger charge is 2.36. The summed E-state index contributed by atoms with van der Waals surface area (Å²) in [6.45, 7) is 2.01. The summed E-state index contributed by atoms with van der Waals surface area (Å²) in [5.74, 6) is -3.08. The topological polar surface area (TPSA) is 73.4 Å². The highest BCUT2D eigenvalue weighted by molar-refractivity contribution is 6.04.